The van der Waals surface area contributed by atoms with E-state index in [-0.39, 0.29) is 70.6 Å². The second kappa shape index (κ2) is 21.4. The number of carbonyl (C=O) groups excluding carboxylic acids is 6. The van der Waals surface area contributed by atoms with Gasteiger partial charge < -0.3 is 29.7 Å². The van der Waals surface area contributed by atoms with Gasteiger partial charge in [0.25, 0.3) is 5.91 Å². The number of imide groups is 1. The van der Waals surface area contributed by atoms with E-state index >= 15 is 0 Å². The van der Waals surface area contributed by atoms with Crippen molar-refractivity contribution in [1.82, 2.24) is 14.5 Å². The van der Waals surface area contributed by atoms with E-state index in [1.807, 2.05) is 62.4 Å². The second-order valence-corrected chi connectivity index (χ2v) is 26.1. The van der Waals surface area contributed by atoms with E-state index in [0.29, 0.717) is 71.7 Å². The maximum Gasteiger partial charge on any atom is 0.352 e. The fourth-order valence-electron chi connectivity index (χ4n) is 10.9. The van der Waals surface area contributed by atoms with Crippen LogP contribution in [0.4, 0.5) is 21.9 Å². The van der Waals surface area contributed by atoms with E-state index < -0.39 is 57.3 Å². The molecule has 17 nitrogen and oxygen atoms in total. The molecule has 0 bridgehead atoms. The third kappa shape index (κ3) is 12.1. The predicted octanol–water partition coefficient (Wildman–Crippen LogP) is 10.3. The largest absolute Gasteiger partial charge is 0.479 e. The molecule has 3 fully saturated rings. The number of nitrogens with one attached hydrogen (secondary N) is 3. The number of hydrogen-bond donors (Lipinski definition) is 3. The Kier molecular flexibility index (Phi) is 15.3. The quantitative estimate of drug-likeness (QED) is 0.0743. The first kappa shape index (κ1) is 55.2. The van der Waals surface area contributed by atoms with Crippen molar-refractivity contribution in [3.8, 4) is 16.2 Å². The van der Waals surface area contributed by atoms with Crippen LogP contribution in [0.25, 0.3) is 21.2 Å². The summed E-state index contributed by atoms with van der Waals surface area (Å²) in [6.45, 7) is 15.1. The molecule has 3 N–H and O–H groups in total. The lowest BCUT2D eigenvalue weighted by molar-refractivity contribution is -0.157. The number of benzene rings is 4. The Labute approximate surface area is 458 Å². The summed E-state index contributed by atoms with van der Waals surface area (Å²) in [5.74, 6) is -2.45. The number of amides is 5. The van der Waals surface area contributed by atoms with Crippen molar-refractivity contribution < 1.29 is 51.4 Å². The number of thiophene rings is 1. The standard InChI is InChI=1S/C57H65ClN6O11S2/c1-55(2,3)74-45(66)31-73-48-47(58)49(76-50(48)53(69)75-56(4,5)6)35-13-10-15-37(29-35)59-38-24-27-63(57(7,8)30-38)77(71,72)32-33-12-9-14-36(28-33)60-54(70)62-25-22-34(23-26-62)39-18-19-42-46-40(39)16-11-17-41(46)52(68)64(42)43-20-21-44(65)61-51(43)67/h9-19,28-29,34,38,43,59H,20-27,30-32H2,1-8H3,(H,60,70)(H,61,65,67)/t38-,43?/m0/s1. The maximum absolute atomic E-state index is 14.2. The van der Waals surface area contributed by atoms with Crippen molar-refractivity contribution in [2.45, 2.75) is 134 Å². The summed E-state index contributed by atoms with van der Waals surface area (Å²) in [6, 6.07) is 22.8. The minimum Gasteiger partial charge on any atom is -0.479 e. The Morgan fingerprint density at radius 3 is 2.25 bits per heavy atom. The normalized spacial score (nSPS) is 19.3. The number of ether oxygens (including phenoxy) is 3. The van der Waals surface area contributed by atoms with Gasteiger partial charge >= 0.3 is 18.0 Å². The van der Waals surface area contributed by atoms with Crippen LogP contribution in [-0.4, -0.2) is 108 Å². The summed E-state index contributed by atoms with van der Waals surface area (Å²) in [7, 11) is -3.82. The average molecular weight is 1110 g/mol. The predicted molar refractivity (Wildman–Crippen MR) is 297 cm³/mol. The molecule has 4 aliphatic heterocycles. The number of hydrogen-bond acceptors (Lipinski definition) is 13. The smallest absolute Gasteiger partial charge is 0.352 e. The Bertz CT molecular complexity index is 3300. The van der Waals surface area contributed by atoms with Crippen LogP contribution in [0.5, 0.6) is 5.75 Å². The molecule has 0 radical (unpaired) electrons. The van der Waals surface area contributed by atoms with Crippen LogP contribution < -0.4 is 25.6 Å². The third-order valence-electron chi connectivity index (χ3n) is 14.1. The number of sulfonamides is 1. The van der Waals surface area contributed by atoms with Crippen molar-refractivity contribution in [3.63, 3.8) is 0 Å². The number of likely N-dealkylation sites (tertiary alicyclic amines) is 1. The summed E-state index contributed by atoms with van der Waals surface area (Å²) in [5, 5.41) is 10.8. The highest BCUT2D eigenvalue weighted by atomic mass is 35.5. The minimum absolute atomic E-state index is 0.0296. The van der Waals surface area contributed by atoms with Gasteiger partial charge in [-0.1, -0.05) is 54.1 Å². The first-order valence-electron chi connectivity index (χ1n) is 25.9. The molecule has 3 saturated heterocycles. The Balaban J connectivity index is 0.806. The SMILES string of the molecule is CC(C)(C)OC(=O)COc1c(C(=O)OC(C)(C)C)sc(-c2cccc(N[C@H]3CCN(S(=O)(=O)Cc4cccc(NC(=O)N5CCC(c6ccc7c8c(cccc68)C(=O)N7C6CCC(=O)NC6=O)CC5)c4)C(C)(C)C3)c2)c1Cl. The van der Waals surface area contributed by atoms with Crippen molar-refractivity contribution in [2.75, 3.05) is 41.8 Å². The number of piperidine rings is 3. The highest BCUT2D eigenvalue weighted by Gasteiger charge is 2.43. The number of esters is 2. The molecule has 0 saturated carbocycles. The van der Waals surface area contributed by atoms with Crippen LogP contribution in [0, 0.1) is 0 Å². The van der Waals surface area contributed by atoms with Gasteiger partial charge in [-0.25, -0.2) is 22.8 Å². The Morgan fingerprint density at radius 1 is 0.844 bits per heavy atom. The molecular formula is C57H65ClN6O11S2. The molecule has 4 aromatic carbocycles. The fourth-order valence-corrected chi connectivity index (χ4v) is 14.3. The second-order valence-electron chi connectivity index (χ2n) is 22.8. The zero-order valence-electron chi connectivity index (χ0n) is 44.5. The van der Waals surface area contributed by atoms with Crippen LogP contribution in [0.15, 0.2) is 78.9 Å². The van der Waals surface area contributed by atoms with Crippen molar-refractivity contribution in [2.24, 2.45) is 0 Å². The summed E-state index contributed by atoms with van der Waals surface area (Å²) in [5.41, 5.74) is 2.44. The van der Waals surface area contributed by atoms with Gasteiger partial charge in [-0.2, -0.15) is 4.31 Å². The number of halogens is 1. The van der Waals surface area contributed by atoms with E-state index in [1.54, 1.807) is 81.1 Å². The first-order valence-corrected chi connectivity index (χ1v) is 28.7. The Morgan fingerprint density at radius 2 is 1.55 bits per heavy atom. The number of nitrogens with zero attached hydrogens (tertiary/aromatic N) is 3. The van der Waals surface area contributed by atoms with Crippen molar-refractivity contribution in [3.05, 3.63) is 105 Å². The molecule has 5 aromatic rings. The number of rotatable bonds is 13. The van der Waals surface area contributed by atoms with E-state index in [9.17, 15) is 37.2 Å². The molecule has 0 aliphatic carbocycles. The molecular weight excluding hydrogens is 1040 g/mol. The van der Waals surface area contributed by atoms with Gasteiger partial charge in [0, 0.05) is 60.0 Å². The van der Waals surface area contributed by atoms with E-state index in [0.717, 1.165) is 33.4 Å². The Hall–Kier alpha value is -6.54. The molecule has 20 heteroatoms. The third-order valence-corrected chi connectivity index (χ3v) is 17.8. The van der Waals surface area contributed by atoms with Gasteiger partial charge in [-0.15, -0.1) is 11.3 Å². The van der Waals surface area contributed by atoms with Gasteiger partial charge in [-0.3, -0.25) is 24.6 Å². The minimum atomic E-state index is -3.82. The number of carbonyl (C=O) groups is 6. The van der Waals surface area contributed by atoms with Crippen LogP contribution in [-0.2, 0) is 39.6 Å². The summed E-state index contributed by atoms with van der Waals surface area (Å²) >= 11 is 8.03. The zero-order chi connectivity index (χ0) is 55.4. The van der Waals surface area contributed by atoms with E-state index in [1.165, 1.54) is 4.90 Å². The van der Waals surface area contributed by atoms with Crippen molar-refractivity contribution >= 4 is 96.5 Å². The highest BCUT2D eigenvalue weighted by molar-refractivity contribution is 7.88. The van der Waals surface area contributed by atoms with E-state index in [2.05, 4.69) is 16.0 Å². The van der Waals surface area contributed by atoms with Crippen LogP contribution in [0.1, 0.15) is 131 Å². The number of anilines is 3. The molecule has 9 rings (SSSR count). The average Bonchev–Trinajstić information content (AvgIpc) is 4.07. The molecule has 77 heavy (non-hydrogen) atoms. The van der Waals surface area contributed by atoms with Crippen LogP contribution in [0.3, 0.4) is 0 Å². The van der Waals surface area contributed by atoms with Gasteiger partial charge in [0.1, 0.15) is 22.3 Å². The van der Waals surface area contributed by atoms with Gasteiger partial charge in [0.2, 0.25) is 21.8 Å². The fraction of sp³-hybridized carbons (Fsp3) is 0.439. The molecule has 2 atom stereocenters. The molecule has 5 amide bonds. The first-order chi connectivity index (χ1) is 36.2. The zero-order valence-corrected chi connectivity index (χ0v) is 46.9. The molecule has 408 valence electrons. The highest BCUT2D eigenvalue weighted by Crippen LogP contribution is 2.48. The van der Waals surface area contributed by atoms with Gasteiger partial charge in [0.05, 0.1) is 16.3 Å². The van der Waals surface area contributed by atoms with Crippen LogP contribution >= 0.6 is 22.9 Å². The molecule has 1 aromatic heterocycles. The molecule has 5 heterocycles. The number of urea groups is 1. The van der Waals surface area contributed by atoms with Gasteiger partial charge in [0.15, 0.2) is 17.2 Å². The lowest BCUT2D eigenvalue weighted by Crippen LogP contribution is -2.55. The lowest BCUT2D eigenvalue weighted by Gasteiger charge is -2.45. The van der Waals surface area contributed by atoms with Crippen LogP contribution in [0.2, 0.25) is 5.02 Å². The summed E-state index contributed by atoms with van der Waals surface area (Å²) < 4.78 is 47.0. The van der Waals surface area contributed by atoms with Crippen molar-refractivity contribution in [1.29, 1.82) is 0 Å². The molecule has 0 spiro atoms. The van der Waals surface area contributed by atoms with Gasteiger partial charge in [-0.05, 0) is 152 Å². The summed E-state index contributed by atoms with van der Waals surface area (Å²) in [4.78, 5) is 82.0. The maximum atomic E-state index is 14.2. The topological polar surface area (TPSA) is 210 Å². The molecule has 1 unspecified atom stereocenters. The molecule has 4 aliphatic rings. The monoisotopic (exact) mass is 1110 g/mol. The lowest BCUT2D eigenvalue weighted by atomic mass is 9.85. The summed E-state index contributed by atoms with van der Waals surface area (Å²) in [6.07, 6.45) is 2.81. The van der Waals surface area contributed by atoms with E-state index in [4.69, 9.17) is 25.8 Å².